The van der Waals surface area contributed by atoms with Crippen molar-refractivity contribution in [3.8, 4) is 6.01 Å². The van der Waals surface area contributed by atoms with Crippen LogP contribution in [0.3, 0.4) is 0 Å². The summed E-state index contributed by atoms with van der Waals surface area (Å²) in [7, 11) is 1.69. The van der Waals surface area contributed by atoms with E-state index in [4.69, 9.17) is 9.47 Å². The molecule has 0 aliphatic carbocycles. The molecule has 78 valence electrons. The minimum atomic E-state index is 0.208. The van der Waals surface area contributed by atoms with Crippen molar-refractivity contribution >= 4 is 0 Å². The van der Waals surface area contributed by atoms with Crippen LogP contribution in [0, 0.1) is 6.92 Å². The van der Waals surface area contributed by atoms with E-state index in [2.05, 4.69) is 9.97 Å². The van der Waals surface area contributed by atoms with Crippen LogP contribution in [-0.4, -0.2) is 29.8 Å². The van der Waals surface area contributed by atoms with Gasteiger partial charge in [-0.2, -0.15) is 0 Å². The van der Waals surface area contributed by atoms with Gasteiger partial charge in [-0.15, -0.1) is 0 Å². The molecular formula is C10H16N2O2. The Kier molecular flexibility index (Phi) is 4.32. The molecule has 0 aromatic carbocycles. The monoisotopic (exact) mass is 196 g/mol. The molecule has 0 fully saturated rings. The van der Waals surface area contributed by atoms with Crippen LogP contribution in [0.2, 0.25) is 0 Å². The van der Waals surface area contributed by atoms with Crippen molar-refractivity contribution in [2.45, 2.75) is 26.4 Å². The van der Waals surface area contributed by atoms with Crippen molar-refractivity contribution in [2.75, 3.05) is 13.7 Å². The van der Waals surface area contributed by atoms with E-state index in [0.717, 1.165) is 12.1 Å². The summed E-state index contributed by atoms with van der Waals surface area (Å²) in [6, 6.07) is 2.28. The Morgan fingerprint density at radius 2 is 2.29 bits per heavy atom. The third-order valence-electron chi connectivity index (χ3n) is 1.93. The lowest BCUT2D eigenvalue weighted by molar-refractivity contribution is 0.0939. The Balaban J connectivity index is 2.31. The molecule has 0 bridgehead atoms. The summed E-state index contributed by atoms with van der Waals surface area (Å²) in [6.07, 6.45) is 2.74. The van der Waals surface area contributed by atoms with Gasteiger partial charge in [0.2, 0.25) is 0 Å². The predicted molar refractivity (Wildman–Crippen MR) is 53.4 cm³/mol. The highest BCUT2D eigenvalue weighted by atomic mass is 16.5. The van der Waals surface area contributed by atoms with E-state index in [0.29, 0.717) is 12.6 Å². The molecule has 14 heavy (non-hydrogen) atoms. The first-order valence-corrected chi connectivity index (χ1v) is 4.67. The fourth-order valence-electron chi connectivity index (χ4n) is 0.929. The number of hydrogen-bond acceptors (Lipinski definition) is 4. The van der Waals surface area contributed by atoms with Crippen LogP contribution in [-0.2, 0) is 4.74 Å². The van der Waals surface area contributed by atoms with Crippen molar-refractivity contribution in [1.29, 1.82) is 0 Å². The zero-order valence-corrected chi connectivity index (χ0v) is 8.86. The van der Waals surface area contributed by atoms with E-state index in [1.54, 1.807) is 13.3 Å². The van der Waals surface area contributed by atoms with Crippen molar-refractivity contribution in [1.82, 2.24) is 9.97 Å². The molecule has 1 atom stereocenters. The van der Waals surface area contributed by atoms with Gasteiger partial charge in [0.1, 0.15) is 0 Å². The van der Waals surface area contributed by atoms with Crippen LogP contribution in [0.4, 0.5) is 0 Å². The van der Waals surface area contributed by atoms with Crippen LogP contribution in [0.1, 0.15) is 19.0 Å². The highest BCUT2D eigenvalue weighted by Crippen LogP contribution is 2.03. The first-order valence-electron chi connectivity index (χ1n) is 4.67. The Labute approximate surface area is 84.3 Å². The van der Waals surface area contributed by atoms with Crippen LogP contribution < -0.4 is 4.74 Å². The molecule has 1 rings (SSSR count). The molecule has 1 aromatic rings. The Bertz CT molecular complexity index is 279. The number of aryl methyl sites for hydroxylation is 1. The van der Waals surface area contributed by atoms with Gasteiger partial charge in [-0.3, -0.25) is 0 Å². The van der Waals surface area contributed by atoms with Gasteiger partial charge in [0.25, 0.3) is 0 Å². The van der Waals surface area contributed by atoms with Crippen molar-refractivity contribution in [3.05, 3.63) is 18.0 Å². The zero-order valence-electron chi connectivity index (χ0n) is 8.86. The van der Waals surface area contributed by atoms with E-state index >= 15 is 0 Å². The molecular weight excluding hydrogens is 180 g/mol. The number of aromatic nitrogens is 2. The third-order valence-corrected chi connectivity index (χ3v) is 1.93. The van der Waals surface area contributed by atoms with Gasteiger partial charge in [-0.1, -0.05) is 0 Å². The third kappa shape index (κ3) is 3.70. The quantitative estimate of drug-likeness (QED) is 0.717. The van der Waals surface area contributed by atoms with Gasteiger partial charge in [-0.25, -0.2) is 9.97 Å². The second-order valence-corrected chi connectivity index (χ2v) is 3.16. The lowest BCUT2D eigenvalue weighted by Gasteiger charge is -2.09. The smallest absolute Gasteiger partial charge is 0.316 e. The Morgan fingerprint density at radius 3 is 2.93 bits per heavy atom. The number of rotatable bonds is 5. The molecule has 1 aromatic heterocycles. The largest absolute Gasteiger partial charge is 0.463 e. The highest BCUT2D eigenvalue weighted by molar-refractivity contribution is 5.02. The predicted octanol–water partition coefficient (Wildman–Crippen LogP) is 1.59. The Hall–Kier alpha value is -1.16. The maximum atomic E-state index is 5.36. The molecule has 0 spiro atoms. The number of hydrogen-bond donors (Lipinski definition) is 0. The van der Waals surface area contributed by atoms with E-state index in [-0.39, 0.29) is 6.10 Å². The summed E-state index contributed by atoms with van der Waals surface area (Å²) in [5.74, 6) is 0. The summed E-state index contributed by atoms with van der Waals surface area (Å²) >= 11 is 0. The maximum Gasteiger partial charge on any atom is 0.316 e. The molecule has 0 aliphatic heterocycles. The highest BCUT2D eigenvalue weighted by Gasteiger charge is 2.01. The van der Waals surface area contributed by atoms with E-state index in [9.17, 15) is 0 Å². The van der Waals surface area contributed by atoms with Crippen LogP contribution in [0.15, 0.2) is 12.3 Å². The SMILES string of the molecule is COC(C)CCOc1nccc(C)n1. The fourth-order valence-corrected chi connectivity index (χ4v) is 0.929. The fraction of sp³-hybridized carbons (Fsp3) is 0.600. The zero-order chi connectivity index (χ0) is 10.4. The van der Waals surface area contributed by atoms with Crippen LogP contribution >= 0.6 is 0 Å². The molecule has 4 heteroatoms. The van der Waals surface area contributed by atoms with Crippen LogP contribution in [0.5, 0.6) is 6.01 Å². The van der Waals surface area contributed by atoms with E-state index in [1.165, 1.54) is 0 Å². The molecule has 0 aliphatic rings. The summed E-state index contributed by atoms with van der Waals surface area (Å²) in [4.78, 5) is 8.11. The summed E-state index contributed by atoms with van der Waals surface area (Å²) in [6.45, 7) is 4.49. The van der Waals surface area contributed by atoms with E-state index < -0.39 is 0 Å². The first-order chi connectivity index (χ1) is 6.72. The second-order valence-electron chi connectivity index (χ2n) is 3.16. The minimum Gasteiger partial charge on any atom is -0.463 e. The van der Waals surface area contributed by atoms with Crippen molar-refractivity contribution < 1.29 is 9.47 Å². The second kappa shape index (κ2) is 5.54. The molecule has 0 saturated heterocycles. The van der Waals surface area contributed by atoms with Crippen molar-refractivity contribution in [3.63, 3.8) is 0 Å². The summed E-state index contributed by atoms with van der Waals surface area (Å²) in [5.41, 5.74) is 0.912. The first kappa shape index (κ1) is 10.9. The lowest BCUT2D eigenvalue weighted by Crippen LogP contribution is -2.11. The molecule has 1 heterocycles. The maximum absolute atomic E-state index is 5.36. The van der Waals surface area contributed by atoms with Gasteiger partial charge < -0.3 is 9.47 Å². The van der Waals surface area contributed by atoms with Gasteiger partial charge in [-0.05, 0) is 19.9 Å². The van der Waals surface area contributed by atoms with Crippen LogP contribution in [0.25, 0.3) is 0 Å². The minimum absolute atomic E-state index is 0.208. The molecule has 1 unspecified atom stereocenters. The van der Waals surface area contributed by atoms with Gasteiger partial charge in [0.05, 0.1) is 12.7 Å². The topological polar surface area (TPSA) is 44.2 Å². The Morgan fingerprint density at radius 1 is 1.50 bits per heavy atom. The normalized spacial score (nSPS) is 12.5. The average molecular weight is 196 g/mol. The molecule has 0 amide bonds. The number of nitrogens with zero attached hydrogens (tertiary/aromatic N) is 2. The summed E-state index contributed by atoms with van der Waals surface area (Å²) in [5, 5.41) is 0. The number of ether oxygens (including phenoxy) is 2. The van der Waals surface area contributed by atoms with Gasteiger partial charge in [0, 0.05) is 25.4 Å². The average Bonchev–Trinajstić information content (AvgIpc) is 2.17. The molecule has 0 radical (unpaired) electrons. The standard InChI is InChI=1S/C10H16N2O2/c1-8-4-6-11-10(12-8)14-7-5-9(2)13-3/h4,6,9H,5,7H2,1-3H3. The lowest BCUT2D eigenvalue weighted by atomic mass is 10.3. The number of methoxy groups -OCH3 is 1. The molecule has 0 saturated carbocycles. The van der Waals surface area contributed by atoms with Gasteiger partial charge in [0.15, 0.2) is 0 Å². The van der Waals surface area contributed by atoms with Crippen molar-refractivity contribution in [2.24, 2.45) is 0 Å². The molecule has 0 N–H and O–H groups in total. The van der Waals surface area contributed by atoms with Gasteiger partial charge >= 0.3 is 6.01 Å². The van der Waals surface area contributed by atoms with E-state index in [1.807, 2.05) is 19.9 Å². The summed E-state index contributed by atoms with van der Waals surface area (Å²) < 4.78 is 10.4. The molecule has 4 nitrogen and oxygen atoms in total.